The predicted octanol–water partition coefficient (Wildman–Crippen LogP) is -0.0189. The Hall–Kier alpha value is -1.32. The summed E-state index contributed by atoms with van der Waals surface area (Å²) in [5.74, 6) is -0.861. The Balaban J connectivity index is 4.21. The van der Waals surface area contributed by atoms with E-state index in [9.17, 15) is 9.59 Å². The van der Waals surface area contributed by atoms with Gasteiger partial charge in [-0.25, -0.2) is 4.79 Å². The van der Waals surface area contributed by atoms with Crippen molar-refractivity contribution in [2.45, 2.75) is 13.3 Å². The molecule has 0 saturated carbocycles. The molecule has 2 N–H and O–H groups in total. The van der Waals surface area contributed by atoms with Crippen molar-refractivity contribution in [3.8, 4) is 0 Å². The van der Waals surface area contributed by atoms with Crippen LogP contribution in [-0.2, 0) is 14.3 Å². The van der Waals surface area contributed by atoms with Gasteiger partial charge < -0.3 is 10.5 Å². The molecule has 0 spiro atoms. The average Bonchev–Trinajstić information content (AvgIpc) is 2.02. The first-order valence-electron chi connectivity index (χ1n) is 3.20. The summed E-state index contributed by atoms with van der Waals surface area (Å²) >= 11 is 0. The number of carbonyl (C=O) groups is 2. The van der Waals surface area contributed by atoms with Crippen molar-refractivity contribution >= 4 is 11.8 Å². The topological polar surface area (TPSA) is 69.4 Å². The Morgan fingerprint density at radius 1 is 1.55 bits per heavy atom. The fourth-order valence-corrected chi connectivity index (χ4v) is 0.452. The molecule has 0 saturated heterocycles. The molecule has 0 aliphatic rings. The first-order chi connectivity index (χ1) is 5.11. The van der Waals surface area contributed by atoms with E-state index in [4.69, 9.17) is 5.73 Å². The maximum atomic E-state index is 10.7. The second kappa shape index (κ2) is 4.49. The van der Waals surface area contributed by atoms with Crippen LogP contribution in [0.1, 0.15) is 13.3 Å². The van der Waals surface area contributed by atoms with Gasteiger partial charge in [-0.3, -0.25) is 4.79 Å². The minimum Gasteiger partial charge on any atom is -0.464 e. The van der Waals surface area contributed by atoms with E-state index >= 15 is 0 Å². The molecule has 4 heteroatoms. The van der Waals surface area contributed by atoms with E-state index in [2.05, 4.69) is 4.74 Å². The third kappa shape index (κ3) is 3.40. The number of hydrogen-bond donors (Lipinski definition) is 1. The summed E-state index contributed by atoms with van der Waals surface area (Å²) < 4.78 is 4.27. The highest BCUT2D eigenvalue weighted by molar-refractivity contribution is 5.98. The maximum absolute atomic E-state index is 10.7. The SMILES string of the molecule is CCC(=O)/C=C(\N)C(=O)OC. The number of esters is 1. The van der Waals surface area contributed by atoms with Gasteiger partial charge in [-0.05, 0) is 0 Å². The number of hydrogen-bond acceptors (Lipinski definition) is 4. The van der Waals surface area contributed by atoms with Gasteiger partial charge in [0, 0.05) is 12.5 Å². The van der Waals surface area contributed by atoms with Crippen LogP contribution in [-0.4, -0.2) is 18.9 Å². The lowest BCUT2D eigenvalue weighted by atomic mass is 10.2. The van der Waals surface area contributed by atoms with Crippen LogP contribution in [0.25, 0.3) is 0 Å². The van der Waals surface area contributed by atoms with E-state index in [1.54, 1.807) is 6.92 Å². The van der Waals surface area contributed by atoms with Crippen molar-refractivity contribution in [3.63, 3.8) is 0 Å². The Morgan fingerprint density at radius 2 is 2.09 bits per heavy atom. The molecule has 0 unspecified atom stereocenters. The van der Waals surface area contributed by atoms with Gasteiger partial charge in [0.15, 0.2) is 5.78 Å². The molecule has 0 aromatic carbocycles. The summed E-state index contributed by atoms with van der Waals surface area (Å²) in [7, 11) is 1.21. The third-order valence-electron chi connectivity index (χ3n) is 1.09. The van der Waals surface area contributed by atoms with Gasteiger partial charge in [-0.1, -0.05) is 6.92 Å². The number of ketones is 1. The van der Waals surface area contributed by atoms with E-state index in [1.807, 2.05) is 0 Å². The first kappa shape index (κ1) is 9.68. The van der Waals surface area contributed by atoms with Crippen LogP contribution in [0.3, 0.4) is 0 Å². The third-order valence-corrected chi connectivity index (χ3v) is 1.09. The molecule has 0 fully saturated rings. The van der Waals surface area contributed by atoms with E-state index in [-0.39, 0.29) is 11.5 Å². The lowest BCUT2D eigenvalue weighted by Crippen LogP contribution is -2.14. The molecule has 0 aromatic rings. The van der Waals surface area contributed by atoms with E-state index in [0.717, 1.165) is 6.08 Å². The molecule has 0 atom stereocenters. The van der Waals surface area contributed by atoms with Crippen LogP contribution in [0, 0.1) is 0 Å². The van der Waals surface area contributed by atoms with Crippen molar-refractivity contribution in [1.82, 2.24) is 0 Å². The molecule has 62 valence electrons. The summed E-state index contributed by atoms with van der Waals surface area (Å²) in [6.07, 6.45) is 1.41. The van der Waals surface area contributed by atoms with Gasteiger partial charge in [-0.15, -0.1) is 0 Å². The average molecular weight is 157 g/mol. The summed E-state index contributed by atoms with van der Waals surface area (Å²) in [6.45, 7) is 1.68. The summed E-state index contributed by atoms with van der Waals surface area (Å²) in [4.78, 5) is 21.3. The zero-order valence-corrected chi connectivity index (χ0v) is 6.59. The van der Waals surface area contributed by atoms with Gasteiger partial charge in [0.25, 0.3) is 0 Å². The zero-order valence-electron chi connectivity index (χ0n) is 6.59. The van der Waals surface area contributed by atoms with E-state index in [0.29, 0.717) is 6.42 Å². The molecule has 0 radical (unpaired) electrons. The molecular weight excluding hydrogens is 146 g/mol. The molecular formula is C7H11NO3. The number of methoxy groups -OCH3 is 1. The largest absolute Gasteiger partial charge is 0.464 e. The Bertz CT molecular complexity index is 196. The quantitative estimate of drug-likeness (QED) is 0.461. The molecule has 0 bridgehead atoms. The Morgan fingerprint density at radius 3 is 2.45 bits per heavy atom. The van der Waals surface area contributed by atoms with Crippen molar-refractivity contribution < 1.29 is 14.3 Å². The van der Waals surface area contributed by atoms with Crippen LogP contribution in [0.4, 0.5) is 0 Å². The molecule has 4 nitrogen and oxygen atoms in total. The Labute approximate surface area is 65.0 Å². The fourth-order valence-electron chi connectivity index (χ4n) is 0.452. The monoisotopic (exact) mass is 157 g/mol. The molecule has 0 aliphatic carbocycles. The number of nitrogens with two attached hydrogens (primary N) is 1. The van der Waals surface area contributed by atoms with Gasteiger partial charge in [0.05, 0.1) is 7.11 Å². The lowest BCUT2D eigenvalue weighted by Gasteiger charge is -1.96. The van der Waals surface area contributed by atoms with Crippen molar-refractivity contribution in [2.24, 2.45) is 5.73 Å². The van der Waals surface area contributed by atoms with Gasteiger partial charge >= 0.3 is 5.97 Å². The molecule has 0 aliphatic heterocycles. The predicted molar refractivity (Wildman–Crippen MR) is 39.6 cm³/mol. The minimum absolute atomic E-state index is 0.153. The van der Waals surface area contributed by atoms with Gasteiger partial charge in [0.2, 0.25) is 0 Å². The number of carbonyl (C=O) groups excluding carboxylic acids is 2. The molecule has 0 rings (SSSR count). The van der Waals surface area contributed by atoms with Crippen LogP contribution < -0.4 is 5.73 Å². The number of allylic oxidation sites excluding steroid dienone is 1. The van der Waals surface area contributed by atoms with Crippen molar-refractivity contribution in [2.75, 3.05) is 7.11 Å². The second-order valence-corrected chi connectivity index (χ2v) is 1.91. The van der Waals surface area contributed by atoms with E-state index in [1.165, 1.54) is 7.11 Å². The number of ether oxygens (including phenoxy) is 1. The standard InChI is InChI=1S/C7H11NO3/c1-3-5(9)4-6(8)7(10)11-2/h4H,3,8H2,1-2H3/b6-4-. The molecule has 0 aromatic heterocycles. The van der Waals surface area contributed by atoms with E-state index < -0.39 is 5.97 Å². The lowest BCUT2D eigenvalue weighted by molar-refractivity contribution is -0.136. The van der Waals surface area contributed by atoms with Crippen molar-refractivity contribution in [3.05, 3.63) is 11.8 Å². The van der Waals surface area contributed by atoms with Gasteiger partial charge in [-0.2, -0.15) is 0 Å². The summed E-state index contributed by atoms with van der Waals surface area (Å²) in [6, 6.07) is 0. The highest BCUT2D eigenvalue weighted by Gasteiger charge is 2.05. The van der Waals surface area contributed by atoms with Crippen molar-refractivity contribution in [1.29, 1.82) is 0 Å². The smallest absolute Gasteiger partial charge is 0.354 e. The van der Waals surface area contributed by atoms with Crippen LogP contribution in [0.15, 0.2) is 11.8 Å². The molecule has 0 heterocycles. The maximum Gasteiger partial charge on any atom is 0.354 e. The minimum atomic E-state index is -0.674. The highest BCUT2D eigenvalue weighted by Crippen LogP contribution is 1.90. The fraction of sp³-hybridized carbons (Fsp3) is 0.429. The second-order valence-electron chi connectivity index (χ2n) is 1.91. The summed E-state index contributed by atoms with van der Waals surface area (Å²) in [5, 5.41) is 0. The molecule has 11 heavy (non-hydrogen) atoms. The highest BCUT2D eigenvalue weighted by atomic mass is 16.5. The normalized spacial score (nSPS) is 10.9. The van der Waals surface area contributed by atoms with Crippen LogP contribution in [0.2, 0.25) is 0 Å². The first-order valence-corrected chi connectivity index (χ1v) is 3.20. The zero-order chi connectivity index (χ0) is 8.85. The Kier molecular flexibility index (Phi) is 3.95. The number of rotatable bonds is 3. The summed E-state index contributed by atoms with van der Waals surface area (Å²) in [5.41, 5.74) is 5.02. The molecule has 0 amide bonds. The van der Waals surface area contributed by atoms with Crippen LogP contribution >= 0.6 is 0 Å². The van der Waals surface area contributed by atoms with Gasteiger partial charge in [0.1, 0.15) is 5.70 Å². The van der Waals surface area contributed by atoms with Crippen LogP contribution in [0.5, 0.6) is 0 Å².